The molecule has 2 heterocycles. The number of carboxylic acid groups (broad SMARTS) is 1. The Balaban J connectivity index is 1.81. The van der Waals surface area contributed by atoms with E-state index in [1.54, 1.807) is 18.4 Å². The van der Waals surface area contributed by atoms with Crippen molar-refractivity contribution in [1.29, 1.82) is 0 Å². The van der Waals surface area contributed by atoms with Crippen LogP contribution in [0.1, 0.15) is 113 Å². The third-order valence-electron chi connectivity index (χ3n) is 10.6. The SMILES string of the molecule is C=CCOCN(C(=O)[C@@H](CC(=O)[C@H]1CCCCN1C)C(C)CC)C(C[C@@H](C)c1nc(C(=O)N[C@@H](Cc2ccccc2)C[C@H](C)C(=O)O)cs1)C(C)C. The summed E-state index contributed by atoms with van der Waals surface area (Å²) in [5, 5.41) is 15.1. The maximum atomic E-state index is 14.6. The fraction of sp³-hybridized carbons (Fsp3) is 0.634. The molecule has 0 radical (unpaired) electrons. The third kappa shape index (κ3) is 12.6. The van der Waals surface area contributed by atoms with Gasteiger partial charge in [0.15, 0.2) is 5.78 Å². The van der Waals surface area contributed by atoms with Gasteiger partial charge in [0.25, 0.3) is 5.91 Å². The number of piperidine rings is 1. The van der Waals surface area contributed by atoms with Crippen LogP contribution >= 0.6 is 11.3 Å². The monoisotopic (exact) mass is 738 g/mol. The minimum atomic E-state index is -0.905. The Hall–Kier alpha value is -3.41. The molecule has 1 saturated heterocycles. The van der Waals surface area contributed by atoms with Crippen molar-refractivity contribution in [3.05, 3.63) is 64.6 Å². The summed E-state index contributed by atoms with van der Waals surface area (Å²) in [5.41, 5.74) is 1.30. The number of benzene rings is 1. The van der Waals surface area contributed by atoms with Gasteiger partial charge in [-0.25, -0.2) is 4.98 Å². The molecule has 7 atom stereocenters. The average molecular weight is 739 g/mol. The van der Waals surface area contributed by atoms with Crippen LogP contribution in [-0.4, -0.2) is 88.5 Å². The van der Waals surface area contributed by atoms with Gasteiger partial charge in [-0.3, -0.25) is 24.1 Å². The van der Waals surface area contributed by atoms with Crippen LogP contribution < -0.4 is 5.32 Å². The van der Waals surface area contributed by atoms with E-state index in [4.69, 9.17) is 9.72 Å². The predicted molar refractivity (Wildman–Crippen MR) is 207 cm³/mol. The number of likely N-dealkylation sites (tertiary alicyclic amines) is 1. The molecule has 288 valence electrons. The molecule has 11 heteroatoms. The maximum absolute atomic E-state index is 14.6. The number of hydrogen-bond acceptors (Lipinski definition) is 8. The smallest absolute Gasteiger partial charge is 0.306 e. The first kappa shape index (κ1) is 43.0. The Kier molecular flexibility index (Phi) is 17.6. The fourth-order valence-corrected chi connectivity index (χ4v) is 8.01. The summed E-state index contributed by atoms with van der Waals surface area (Å²) in [7, 11) is 2.00. The summed E-state index contributed by atoms with van der Waals surface area (Å²) in [6.07, 6.45) is 6.98. The second-order valence-corrected chi connectivity index (χ2v) is 16.0. The summed E-state index contributed by atoms with van der Waals surface area (Å²) in [4.78, 5) is 62.1. The summed E-state index contributed by atoms with van der Waals surface area (Å²) in [5.74, 6) is -2.24. The van der Waals surface area contributed by atoms with Crippen LogP contribution in [0.5, 0.6) is 0 Å². The Morgan fingerprint density at radius 3 is 2.44 bits per heavy atom. The topological polar surface area (TPSA) is 129 Å². The van der Waals surface area contributed by atoms with E-state index in [1.165, 1.54) is 11.3 Å². The first-order valence-electron chi connectivity index (χ1n) is 19.0. The number of aromatic nitrogens is 1. The van der Waals surface area contributed by atoms with Gasteiger partial charge in [-0.2, -0.15) is 0 Å². The van der Waals surface area contributed by atoms with Crippen molar-refractivity contribution >= 4 is 34.9 Å². The molecule has 1 aromatic carbocycles. The Morgan fingerprint density at radius 1 is 1.12 bits per heavy atom. The number of rotatable bonds is 22. The van der Waals surface area contributed by atoms with Gasteiger partial charge in [0.05, 0.1) is 23.6 Å². The van der Waals surface area contributed by atoms with E-state index in [2.05, 4.69) is 51.4 Å². The van der Waals surface area contributed by atoms with Gasteiger partial charge in [-0.15, -0.1) is 17.9 Å². The van der Waals surface area contributed by atoms with Crippen molar-refractivity contribution in [3.8, 4) is 0 Å². The number of likely N-dealkylation sites (N-methyl/N-ethyl adjacent to an activating group) is 1. The van der Waals surface area contributed by atoms with Gasteiger partial charge in [-0.05, 0) is 63.1 Å². The number of ketones is 1. The lowest BCUT2D eigenvalue weighted by molar-refractivity contribution is -0.150. The highest BCUT2D eigenvalue weighted by Crippen LogP contribution is 2.32. The number of nitrogens with zero attached hydrogens (tertiary/aromatic N) is 3. The largest absolute Gasteiger partial charge is 0.481 e. The number of hydrogen-bond donors (Lipinski definition) is 2. The molecule has 0 aliphatic carbocycles. The van der Waals surface area contributed by atoms with Crippen LogP contribution in [0.25, 0.3) is 0 Å². The molecule has 1 fully saturated rings. The molecule has 2 N–H and O–H groups in total. The highest BCUT2D eigenvalue weighted by atomic mass is 32.1. The molecular weight excluding hydrogens is 677 g/mol. The molecule has 2 aromatic rings. The maximum Gasteiger partial charge on any atom is 0.306 e. The van der Waals surface area contributed by atoms with Gasteiger partial charge in [0, 0.05) is 35.7 Å². The zero-order chi connectivity index (χ0) is 38.4. The molecule has 0 bridgehead atoms. The van der Waals surface area contributed by atoms with E-state index < -0.39 is 17.8 Å². The minimum absolute atomic E-state index is 0.0155. The van der Waals surface area contributed by atoms with Gasteiger partial charge in [-0.1, -0.05) is 90.8 Å². The molecule has 2 unspecified atom stereocenters. The van der Waals surface area contributed by atoms with Crippen LogP contribution in [0.15, 0.2) is 48.4 Å². The van der Waals surface area contributed by atoms with Crippen molar-refractivity contribution in [2.75, 3.05) is 26.9 Å². The molecule has 0 spiro atoms. The number of carbonyl (C=O) groups excluding carboxylic acids is 3. The molecular formula is C41H62N4O6S. The van der Waals surface area contributed by atoms with Gasteiger partial charge < -0.3 is 20.1 Å². The third-order valence-corrected chi connectivity index (χ3v) is 11.7. The summed E-state index contributed by atoms with van der Waals surface area (Å²) < 4.78 is 5.93. The molecule has 2 amide bonds. The number of Topliss-reactive ketones (excluding diaryl/α,β-unsaturated/α-hetero) is 1. The predicted octanol–water partition coefficient (Wildman–Crippen LogP) is 7.21. The number of thiazole rings is 1. The summed E-state index contributed by atoms with van der Waals surface area (Å²) in [6.45, 7) is 17.1. The number of ether oxygens (including phenoxy) is 1. The Morgan fingerprint density at radius 2 is 1.83 bits per heavy atom. The Labute approximate surface area is 315 Å². The van der Waals surface area contributed by atoms with E-state index in [1.807, 2.05) is 42.3 Å². The quantitative estimate of drug-likeness (QED) is 0.0737. The highest BCUT2D eigenvalue weighted by molar-refractivity contribution is 7.09. The number of carbonyl (C=O) groups is 4. The summed E-state index contributed by atoms with van der Waals surface area (Å²) in [6, 6.07) is 8.96. The minimum Gasteiger partial charge on any atom is -0.481 e. The first-order chi connectivity index (χ1) is 24.8. The fourth-order valence-electron chi connectivity index (χ4n) is 7.14. The molecule has 3 rings (SSSR count). The molecule has 1 aliphatic heterocycles. The number of nitrogens with one attached hydrogen (secondary N) is 1. The van der Waals surface area contributed by atoms with Gasteiger partial charge in [0.1, 0.15) is 12.4 Å². The standard InChI is InChI=1S/C41H62N4O6S/c1-9-20-51-26-45(40(48)33(28(5)10-2)24-37(46)35-18-14-15-19-44(35)8)36(27(3)4)22-29(6)39-43-34(25-52-39)38(47)42-32(21-30(7)41(49)50)23-31-16-12-11-13-17-31/h9,11-13,16-17,25,27-30,32-33,35-36H,1,10,14-15,18-24,26H2,2-8H3,(H,42,47)(H,49,50)/t28?,29-,30+,32-,33+,35-,36?/m1/s1. The van der Waals surface area contributed by atoms with E-state index >= 15 is 0 Å². The van der Waals surface area contributed by atoms with Crippen molar-refractivity contribution in [1.82, 2.24) is 20.1 Å². The average Bonchev–Trinajstić information content (AvgIpc) is 3.62. The molecule has 52 heavy (non-hydrogen) atoms. The highest BCUT2D eigenvalue weighted by Gasteiger charge is 2.38. The number of aliphatic carboxylic acids is 1. The van der Waals surface area contributed by atoms with Crippen molar-refractivity contribution in [2.45, 2.75) is 117 Å². The van der Waals surface area contributed by atoms with Gasteiger partial charge >= 0.3 is 5.97 Å². The van der Waals surface area contributed by atoms with Crippen LogP contribution in [0.4, 0.5) is 0 Å². The lowest BCUT2D eigenvalue weighted by Crippen LogP contribution is -2.50. The van der Waals surface area contributed by atoms with Crippen molar-refractivity contribution in [3.63, 3.8) is 0 Å². The second kappa shape index (κ2) is 21.3. The normalized spacial score (nSPS) is 18.5. The van der Waals surface area contributed by atoms with Crippen molar-refractivity contribution < 1.29 is 29.0 Å². The molecule has 10 nitrogen and oxygen atoms in total. The molecule has 1 aromatic heterocycles. The van der Waals surface area contributed by atoms with E-state index in [-0.39, 0.29) is 73.0 Å². The Bertz CT molecular complexity index is 1450. The van der Waals surface area contributed by atoms with Gasteiger partial charge in [0.2, 0.25) is 5.91 Å². The van der Waals surface area contributed by atoms with E-state index in [9.17, 15) is 24.3 Å². The van der Waals surface area contributed by atoms with Crippen LogP contribution in [0, 0.1) is 23.7 Å². The first-order valence-corrected chi connectivity index (χ1v) is 19.9. The number of amides is 2. The van der Waals surface area contributed by atoms with Crippen LogP contribution in [0.2, 0.25) is 0 Å². The number of carboxylic acids is 1. The lowest BCUT2D eigenvalue weighted by atomic mass is 9.82. The molecule has 0 saturated carbocycles. The van der Waals surface area contributed by atoms with Crippen LogP contribution in [0.3, 0.4) is 0 Å². The summed E-state index contributed by atoms with van der Waals surface area (Å²) >= 11 is 1.41. The van der Waals surface area contributed by atoms with E-state index in [0.29, 0.717) is 25.1 Å². The molecule has 1 aliphatic rings. The van der Waals surface area contributed by atoms with Crippen molar-refractivity contribution in [2.24, 2.45) is 23.7 Å². The zero-order valence-electron chi connectivity index (χ0n) is 32.4. The zero-order valence-corrected chi connectivity index (χ0v) is 33.2. The van der Waals surface area contributed by atoms with E-state index in [0.717, 1.165) is 42.8 Å². The lowest BCUT2D eigenvalue weighted by Gasteiger charge is -2.39. The van der Waals surface area contributed by atoms with Crippen LogP contribution in [-0.2, 0) is 25.5 Å². The second-order valence-electron chi connectivity index (χ2n) is 15.1.